The fourth-order valence-corrected chi connectivity index (χ4v) is 3.08. The van der Waals surface area contributed by atoms with Crippen LogP contribution in [0.4, 0.5) is 0 Å². The molecule has 0 heterocycles. The molecular weight excluding hydrogens is 453 g/mol. The van der Waals surface area contributed by atoms with E-state index in [0.29, 0.717) is 37.5 Å². The van der Waals surface area contributed by atoms with Crippen LogP contribution in [-0.4, -0.2) is 39.6 Å². The summed E-state index contributed by atoms with van der Waals surface area (Å²) >= 11 is 18.4. The van der Waals surface area contributed by atoms with E-state index in [-0.39, 0.29) is 18.8 Å². The summed E-state index contributed by atoms with van der Waals surface area (Å²) < 4.78 is 15.0. The Balaban J connectivity index is 2.34. The van der Waals surface area contributed by atoms with Crippen LogP contribution in [0.1, 0.15) is 16.7 Å². The maximum atomic E-state index is 12.2. The summed E-state index contributed by atoms with van der Waals surface area (Å²) in [6, 6.07) is 10.2. The van der Waals surface area contributed by atoms with Gasteiger partial charge in [-0.1, -0.05) is 58.2 Å². The number of oxime groups is 1. The second-order valence-electron chi connectivity index (χ2n) is 5.90. The first-order chi connectivity index (χ1) is 14.4. The molecule has 2 aromatic carbocycles. The summed E-state index contributed by atoms with van der Waals surface area (Å²) in [4.78, 5) is 17.7. The molecule has 0 unspecified atom stereocenters. The van der Waals surface area contributed by atoms with Crippen molar-refractivity contribution in [2.75, 3.05) is 27.9 Å². The van der Waals surface area contributed by atoms with E-state index in [1.54, 1.807) is 36.4 Å². The van der Waals surface area contributed by atoms with Crippen molar-refractivity contribution in [3.63, 3.8) is 0 Å². The summed E-state index contributed by atoms with van der Waals surface area (Å²) in [6.45, 7) is 0.173. The third kappa shape index (κ3) is 6.12. The van der Waals surface area contributed by atoms with E-state index in [4.69, 9.17) is 53.9 Å². The molecule has 30 heavy (non-hydrogen) atoms. The molecule has 0 fully saturated rings. The second-order valence-corrected chi connectivity index (χ2v) is 7.12. The van der Waals surface area contributed by atoms with Crippen molar-refractivity contribution in [3.05, 3.63) is 74.4 Å². The number of benzene rings is 2. The molecule has 0 saturated carbocycles. The summed E-state index contributed by atoms with van der Waals surface area (Å²) in [5, 5.41) is 5.38. The predicted molar refractivity (Wildman–Crippen MR) is 118 cm³/mol. The Labute approximate surface area is 189 Å². The maximum absolute atomic E-state index is 12.2. The van der Waals surface area contributed by atoms with Gasteiger partial charge in [0.2, 0.25) is 0 Å². The van der Waals surface area contributed by atoms with Gasteiger partial charge in [0.05, 0.1) is 37.1 Å². The standard InChI is InChI=1S/C21H20Cl3NO5/c1-27-10-16(21(26)29-3)14-5-4-6-17(22)15(14)11-30-25-20(12-28-2)13-7-8-18(23)19(24)9-13/h4-10H,11-12H2,1-3H3/b16-10+,25-20+. The minimum atomic E-state index is -0.570. The smallest absolute Gasteiger partial charge is 0.341 e. The number of carbonyl (C=O) groups excluding carboxylic acids is 1. The van der Waals surface area contributed by atoms with Crippen LogP contribution in [0.5, 0.6) is 0 Å². The van der Waals surface area contributed by atoms with Crippen molar-refractivity contribution in [1.29, 1.82) is 0 Å². The molecule has 0 aromatic heterocycles. The van der Waals surface area contributed by atoms with Crippen LogP contribution in [0.25, 0.3) is 5.57 Å². The molecule has 0 spiro atoms. The number of hydrogen-bond donors (Lipinski definition) is 0. The van der Waals surface area contributed by atoms with E-state index >= 15 is 0 Å². The Kier molecular flexibility index (Phi) is 9.46. The number of nitrogens with zero attached hydrogens (tertiary/aromatic N) is 1. The number of methoxy groups -OCH3 is 3. The normalized spacial score (nSPS) is 11.9. The molecule has 0 bridgehead atoms. The van der Waals surface area contributed by atoms with Crippen LogP contribution in [0.3, 0.4) is 0 Å². The highest BCUT2D eigenvalue weighted by Gasteiger charge is 2.19. The lowest BCUT2D eigenvalue weighted by molar-refractivity contribution is -0.133. The highest BCUT2D eigenvalue weighted by atomic mass is 35.5. The molecule has 0 aliphatic rings. The Morgan fingerprint density at radius 3 is 2.43 bits per heavy atom. The van der Waals surface area contributed by atoms with E-state index in [1.165, 1.54) is 27.6 Å². The fraction of sp³-hybridized carbons (Fsp3) is 0.238. The number of esters is 1. The van der Waals surface area contributed by atoms with Crippen molar-refractivity contribution in [2.24, 2.45) is 5.16 Å². The molecule has 0 atom stereocenters. The van der Waals surface area contributed by atoms with Gasteiger partial charge in [0.1, 0.15) is 17.9 Å². The monoisotopic (exact) mass is 471 g/mol. The van der Waals surface area contributed by atoms with E-state index in [9.17, 15) is 4.79 Å². The van der Waals surface area contributed by atoms with Crippen LogP contribution in [0, 0.1) is 0 Å². The molecule has 160 valence electrons. The number of rotatable bonds is 9. The fourth-order valence-electron chi connectivity index (χ4n) is 2.56. The zero-order valence-electron chi connectivity index (χ0n) is 16.6. The second kappa shape index (κ2) is 11.8. The van der Waals surface area contributed by atoms with Gasteiger partial charge in [-0.15, -0.1) is 0 Å². The van der Waals surface area contributed by atoms with Crippen LogP contribution in [0.2, 0.25) is 15.1 Å². The van der Waals surface area contributed by atoms with Crippen LogP contribution < -0.4 is 0 Å². The Hall–Kier alpha value is -2.25. The first kappa shape index (κ1) is 24.0. The van der Waals surface area contributed by atoms with Crippen molar-refractivity contribution >= 4 is 52.1 Å². The zero-order chi connectivity index (χ0) is 22.1. The number of halogens is 3. The largest absolute Gasteiger partial charge is 0.503 e. The van der Waals surface area contributed by atoms with Gasteiger partial charge in [0, 0.05) is 28.8 Å². The Bertz CT molecular complexity index is 960. The molecule has 2 rings (SSSR count). The molecule has 0 amide bonds. The minimum Gasteiger partial charge on any atom is -0.503 e. The Morgan fingerprint density at radius 1 is 1.03 bits per heavy atom. The minimum absolute atomic E-state index is 0.0123. The van der Waals surface area contributed by atoms with E-state index < -0.39 is 5.97 Å². The van der Waals surface area contributed by atoms with E-state index in [0.717, 1.165) is 0 Å². The summed E-state index contributed by atoms with van der Waals surface area (Å²) in [5.74, 6) is -0.570. The van der Waals surface area contributed by atoms with Crippen molar-refractivity contribution in [1.82, 2.24) is 0 Å². The topological polar surface area (TPSA) is 66.4 Å². The van der Waals surface area contributed by atoms with Gasteiger partial charge < -0.3 is 19.0 Å². The quantitative estimate of drug-likeness (QED) is 0.161. The first-order valence-corrected chi connectivity index (χ1v) is 9.78. The highest BCUT2D eigenvalue weighted by Crippen LogP contribution is 2.28. The third-order valence-corrected chi connectivity index (χ3v) is 5.06. The van der Waals surface area contributed by atoms with Crippen LogP contribution >= 0.6 is 34.8 Å². The molecule has 6 nitrogen and oxygen atoms in total. The molecule has 0 radical (unpaired) electrons. The average molecular weight is 473 g/mol. The molecule has 0 aliphatic heterocycles. The van der Waals surface area contributed by atoms with Gasteiger partial charge in [-0.3, -0.25) is 0 Å². The lowest BCUT2D eigenvalue weighted by Crippen LogP contribution is -2.11. The number of hydrogen-bond acceptors (Lipinski definition) is 6. The van der Waals surface area contributed by atoms with Gasteiger partial charge in [-0.2, -0.15) is 0 Å². The lowest BCUT2D eigenvalue weighted by atomic mass is 10.0. The molecule has 0 N–H and O–H groups in total. The lowest BCUT2D eigenvalue weighted by Gasteiger charge is -2.13. The van der Waals surface area contributed by atoms with Gasteiger partial charge >= 0.3 is 5.97 Å². The number of ether oxygens (including phenoxy) is 3. The van der Waals surface area contributed by atoms with Gasteiger partial charge in [-0.25, -0.2) is 4.79 Å². The summed E-state index contributed by atoms with van der Waals surface area (Å²) in [7, 11) is 4.25. The molecular formula is C21H20Cl3NO5. The van der Waals surface area contributed by atoms with Crippen molar-refractivity contribution < 1.29 is 23.8 Å². The summed E-state index contributed by atoms with van der Waals surface area (Å²) in [6.07, 6.45) is 1.29. The SMILES string of the molecule is CO/C=C(/C(=O)OC)c1cccc(Cl)c1CO/N=C(\COC)c1ccc(Cl)c(Cl)c1. The molecule has 0 aliphatic carbocycles. The van der Waals surface area contributed by atoms with Gasteiger partial charge in [0.15, 0.2) is 0 Å². The maximum Gasteiger partial charge on any atom is 0.341 e. The zero-order valence-corrected chi connectivity index (χ0v) is 18.8. The third-order valence-electron chi connectivity index (χ3n) is 3.97. The van der Waals surface area contributed by atoms with Crippen LogP contribution in [0.15, 0.2) is 47.8 Å². The van der Waals surface area contributed by atoms with E-state index in [2.05, 4.69) is 5.16 Å². The average Bonchev–Trinajstić information content (AvgIpc) is 2.74. The summed E-state index contributed by atoms with van der Waals surface area (Å²) in [5.41, 5.74) is 2.45. The first-order valence-electron chi connectivity index (χ1n) is 8.65. The highest BCUT2D eigenvalue weighted by molar-refractivity contribution is 6.42. The predicted octanol–water partition coefficient (Wildman–Crippen LogP) is 5.37. The molecule has 9 heteroatoms. The van der Waals surface area contributed by atoms with E-state index in [1.807, 2.05) is 0 Å². The Morgan fingerprint density at radius 2 is 1.80 bits per heavy atom. The van der Waals surface area contributed by atoms with Crippen molar-refractivity contribution in [2.45, 2.75) is 6.61 Å². The molecule has 2 aromatic rings. The van der Waals surface area contributed by atoms with Crippen molar-refractivity contribution in [3.8, 4) is 0 Å². The van der Waals surface area contributed by atoms with Gasteiger partial charge in [0.25, 0.3) is 0 Å². The van der Waals surface area contributed by atoms with Gasteiger partial charge in [-0.05, 0) is 18.2 Å². The number of carbonyl (C=O) groups is 1. The van der Waals surface area contributed by atoms with Crippen LogP contribution in [-0.2, 0) is 30.4 Å². The molecule has 0 saturated heterocycles.